The first-order valence-corrected chi connectivity index (χ1v) is 7.34. The Morgan fingerprint density at radius 1 is 1.26 bits per heavy atom. The molecule has 0 bridgehead atoms. The predicted molar refractivity (Wildman–Crippen MR) is 76.5 cm³/mol. The molecule has 0 saturated carbocycles. The van der Waals surface area contributed by atoms with Gasteiger partial charge in [0.2, 0.25) is 0 Å². The maximum atomic E-state index is 9.81. The number of aliphatic hydroxyl groups excluding tert-OH is 1. The van der Waals surface area contributed by atoms with Crippen LogP contribution in [0.3, 0.4) is 0 Å². The average Bonchev–Trinajstić information content (AvgIpc) is 2.49. The summed E-state index contributed by atoms with van der Waals surface area (Å²) in [6.45, 7) is 3.78. The molecule has 1 saturated heterocycles. The van der Waals surface area contributed by atoms with Gasteiger partial charge < -0.3 is 14.7 Å². The first kappa shape index (κ1) is 12.9. The average molecular weight is 261 g/mol. The van der Waals surface area contributed by atoms with E-state index in [1.807, 2.05) is 0 Å². The zero-order valence-corrected chi connectivity index (χ0v) is 11.5. The van der Waals surface area contributed by atoms with Gasteiger partial charge in [0.1, 0.15) is 0 Å². The maximum Gasteiger partial charge on any atom is 0.0561 e. The highest BCUT2D eigenvalue weighted by molar-refractivity contribution is 5.55. The minimum atomic E-state index is -0.0668. The quantitative estimate of drug-likeness (QED) is 0.905. The zero-order valence-electron chi connectivity index (χ0n) is 11.5. The van der Waals surface area contributed by atoms with Crippen molar-refractivity contribution >= 4 is 5.69 Å². The Morgan fingerprint density at radius 2 is 2.16 bits per heavy atom. The van der Waals surface area contributed by atoms with Gasteiger partial charge in [0, 0.05) is 30.8 Å². The van der Waals surface area contributed by atoms with Crippen LogP contribution < -0.4 is 4.90 Å². The maximum absolute atomic E-state index is 9.81. The lowest BCUT2D eigenvalue weighted by Gasteiger charge is -2.42. The molecule has 2 aliphatic heterocycles. The van der Waals surface area contributed by atoms with Crippen molar-refractivity contribution in [2.45, 2.75) is 25.7 Å². The van der Waals surface area contributed by atoms with Gasteiger partial charge >= 0.3 is 0 Å². The van der Waals surface area contributed by atoms with E-state index >= 15 is 0 Å². The topological polar surface area (TPSA) is 32.7 Å². The van der Waals surface area contributed by atoms with Gasteiger partial charge in [-0.3, -0.25) is 0 Å². The summed E-state index contributed by atoms with van der Waals surface area (Å²) in [4.78, 5) is 2.45. The van der Waals surface area contributed by atoms with Gasteiger partial charge in [-0.2, -0.15) is 0 Å². The predicted octanol–water partition coefficient (Wildman–Crippen LogP) is 2.23. The molecule has 3 rings (SSSR count). The molecule has 0 spiro atoms. The molecule has 0 amide bonds. The second-order valence-electron chi connectivity index (χ2n) is 5.97. The van der Waals surface area contributed by atoms with Crippen LogP contribution in [0.5, 0.6) is 0 Å². The van der Waals surface area contributed by atoms with Crippen molar-refractivity contribution in [3.8, 4) is 0 Å². The Hall–Kier alpha value is -1.06. The lowest BCUT2D eigenvalue weighted by Crippen LogP contribution is -2.47. The first-order valence-electron chi connectivity index (χ1n) is 7.34. The smallest absolute Gasteiger partial charge is 0.0561 e. The number of benzene rings is 1. The van der Waals surface area contributed by atoms with Crippen molar-refractivity contribution in [1.29, 1.82) is 0 Å². The van der Waals surface area contributed by atoms with Gasteiger partial charge in [0.05, 0.1) is 13.2 Å². The number of hydrogen-bond acceptors (Lipinski definition) is 3. The molecular formula is C16H23NO2. The molecule has 1 N–H and O–H groups in total. The molecule has 19 heavy (non-hydrogen) atoms. The van der Waals surface area contributed by atoms with E-state index in [1.54, 1.807) is 0 Å². The molecule has 3 heteroatoms. The minimum absolute atomic E-state index is 0.0668. The monoisotopic (exact) mass is 261 g/mol. The van der Waals surface area contributed by atoms with E-state index in [2.05, 4.69) is 29.2 Å². The summed E-state index contributed by atoms with van der Waals surface area (Å²) < 4.78 is 5.62. The SMILES string of the molecule is OCC1(CN2CCCc3ccccc32)CCCOC1. The van der Waals surface area contributed by atoms with Crippen LogP contribution in [0.2, 0.25) is 0 Å². The number of para-hydroxylation sites is 1. The summed E-state index contributed by atoms with van der Waals surface area (Å²) in [7, 11) is 0. The Kier molecular flexibility index (Phi) is 3.76. The van der Waals surface area contributed by atoms with Crippen molar-refractivity contribution in [2.24, 2.45) is 5.41 Å². The van der Waals surface area contributed by atoms with Crippen molar-refractivity contribution in [3.63, 3.8) is 0 Å². The van der Waals surface area contributed by atoms with E-state index in [0.29, 0.717) is 6.61 Å². The van der Waals surface area contributed by atoms with Gasteiger partial charge in [0.15, 0.2) is 0 Å². The number of hydrogen-bond donors (Lipinski definition) is 1. The highest BCUT2D eigenvalue weighted by Crippen LogP contribution is 2.34. The second-order valence-corrected chi connectivity index (χ2v) is 5.97. The summed E-state index contributed by atoms with van der Waals surface area (Å²) in [6, 6.07) is 8.67. The summed E-state index contributed by atoms with van der Waals surface area (Å²) in [5.74, 6) is 0. The van der Waals surface area contributed by atoms with E-state index in [0.717, 1.165) is 32.5 Å². The number of aryl methyl sites for hydroxylation is 1. The molecule has 0 radical (unpaired) electrons. The molecule has 2 heterocycles. The van der Waals surface area contributed by atoms with Gasteiger partial charge in [-0.25, -0.2) is 0 Å². The molecule has 1 aromatic carbocycles. The molecular weight excluding hydrogens is 238 g/mol. The zero-order chi connectivity index (χ0) is 13.1. The van der Waals surface area contributed by atoms with E-state index < -0.39 is 0 Å². The van der Waals surface area contributed by atoms with E-state index in [1.165, 1.54) is 24.1 Å². The summed E-state index contributed by atoms with van der Waals surface area (Å²) in [5.41, 5.74) is 2.73. The fraction of sp³-hybridized carbons (Fsp3) is 0.625. The number of aliphatic hydroxyl groups is 1. The van der Waals surface area contributed by atoms with E-state index in [4.69, 9.17) is 4.74 Å². The van der Waals surface area contributed by atoms with Crippen molar-refractivity contribution in [3.05, 3.63) is 29.8 Å². The van der Waals surface area contributed by atoms with Crippen LogP contribution >= 0.6 is 0 Å². The van der Waals surface area contributed by atoms with Crippen LogP contribution in [0.4, 0.5) is 5.69 Å². The third kappa shape index (κ3) is 2.63. The normalized spacial score (nSPS) is 27.1. The second kappa shape index (κ2) is 5.51. The van der Waals surface area contributed by atoms with Crippen LogP contribution in [0.1, 0.15) is 24.8 Å². The molecule has 0 aliphatic carbocycles. The molecule has 3 nitrogen and oxygen atoms in total. The third-order valence-electron chi connectivity index (χ3n) is 4.47. The number of rotatable bonds is 3. The minimum Gasteiger partial charge on any atom is -0.396 e. The van der Waals surface area contributed by atoms with Crippen LogP contribution in [0.25, 0.3) is 0 Å². The van der Waals surface area contributed by atoms with E-state index in [-0.39, 0.29) is 12.0 Å². The first-order chi connectivity index (χ1) is 9.33. The van der Waals surface area contributed by atoms with Gasteiger partial charge in [0.25, 0.3) is 0 Å². The highest BCUT2D eigenvalue weighted by atomic mass is 16.5. The lowest BCUT2D eigenvalue weighted by atomic mass is 9.82. The molecule has 1 unspecified atom stereocenters. The number of ether oxygens (including phenoxy) is 1. The molecule has 1 atom stereocenters. The Bertz CT molecular complexity index is 427. The molecule has 1 fully saturated rings. The largest absolute Gasteiger partial charge is 0.396 e. The Balaban J connectivity index is 1.79. The Labute approximate surface area is 115 Å². The highest BCUT2D eigenvalue weighted by Gasteiger charge is 2.35. The fourth-order valence-corrected chi connectivity index (χ4v) is 3.39. The van der Waals surface area contributed by atoms with Crippen molar-refractivity contribution in [1.82, 2.24) is 0 Å². The third-order valence-corrected chi connectivity index (χ3v) is 4.47. The van der Waals surface area contributed by atoms with Crippen LogP contribution in [-0.4, -0.2) is 38.0 Å². The summed E-state index contributed by atoms with van der Waals surface area (Å²) in [5, 5.41) is 9.81. The van der Waals surface area contributed by atoms with Crippen LogP contribution in [0, 0.1) is 5.41 Å². The molecule has 1 aromatic rings. The van der Waals surface area contributed by atoms with Gasteiger partial charge in [-0.15, -0.1) is 0 Å². The lowest BCUT2D eigenvalue weighted by molar-refractivity contribution is -0.0337. The standard InChI is InChI=1S/C16H23NO2/c18-12-16(8-4-10-19-13-16)11-17-9-3-6-14-5-1-2-7-15(14)17/h1-2,5,7,18H,3-4,6,8-13H2. The summed E-state index contributed by atoms with van der Waals surface area (Å²) >= 11 is 0. The van der Waals surface area contributed by atoms with E-state index in [9.17, 15) is 5.11 Å². The molecule has 0 aromatic heterocycles. The van der Waals surface area contributed by atoms with Crippen LogP contribution in [-0.2, 0) is 11.2 Å². The number of nitrogens with zero attached hydrogens (tertiary/aromatic N) is 1. The summed E-state index contributed by atoms with van der Waals surface area (Å²) in [6.07, 6.45) is 4.52. The fourth-order valence-electron chi connectivity index (χ4n) is 3.39. The van der Waals surface area contributed by atoms with Crippen molar-refractivity contribution < 1.29 is 9.84 Å². The number of fused-ring (bicyclic) bond motifs is 1. The molecule has 104 valence electrons. The van der Waals surface area contributed by atoms with Gasteiger partial charge in [-0.1, -0.05) is 18.2 Å². The van der Waals surface area contributed by atoms with Crippen LogP contribution in [0.15, 0.2) is 24.3 Å². The Morgan fingerprint density at radius 3 is 2.95 bits per heavy atom. The number of anilines is 1. The van der Waals surface area contributed by atoms with Gasteiger partial charge in [-0.05, 0) is 37.3 Å². The molecule has 2 aliphatic rings. The van der Waals surface area contributed by atoms with Crippen molar-refractivity contribution in [2.75, 3.05) is 37.8 Å².